The molecule has 1 aromatic rings. The molecule has 0 heterocycles. The molecule has 2 unspecified atom stereocenters. The Hall–Kier alpha value is -0.820. The van der Waals surface area contributed by atoms with E-state index in [1.165, 1.54) is 24.0 Å². The summed E-state index contributed by atoms with van der Waals surface area (Å²) in [6.45, 7) is 11.4. The molecule has 0 spiro atoms. The van der Waals surface area contributed by atoms with Crippen molar-refractivity contribution in [2.45, 2.75) is 72.4 Å². The fourth-order valence-electron chi connectivity index (χ4n) is 2.88. The highest BCUT2D eigenvalue weighted by Crippen LogP contribution is 2.21. The number of hydrogen-bond donors (Lipinski definition) is 1. The van der Waals surface area contributed by atoms with Crippen molar-refractivity contribution in [3.05, 3.63) is 35.4 Å². The molecule has 1 nitrogen and oxygen atoms in total. The number of benzene rings is 1. The van der Waals surface area contributed by atoms with E-state index in [0.29, 0.717) is 12.1 Å². The molecule has 108 valence electrons. The summed E-state index contributed by atoms with van der Waals surface area (Å²) < 4.78 is 0. The van der Waals surface area contributed by atoms with Gasteiger partial charge in [-0.15, -0.1) is 0 Å². The molecule has 0 bridgehead atoms. The zero-order chi connectivity index (χ0) is 14.3. The monoisotopic (exact) mass is 261 g/mol. The lowest BCUT2D eigenvalue weighted by atomic mass is 9.93. The molecular formula is C18H31N. The van der Waals surface area contributed by atoms with Crippen LogP contribution in [0.4, 0.5) is 0 Å². The molecule has 0 aliphatic carbocycles. The average Bonchev–Trinajstić information content (AvgIpc) is 2.46. The molecule has 1 N–H and O–H groups in total. The summed E-state index contributed by atoms with van der Waals surface area (Å²) in [6.07, 6.45) is 4.79. The predicted molar refractivity (Wildman–Crippen MR) is 85.5 cm³/mol. The van der Waals surface area contributed by atoms with Crippen molar-refractivity contribution in [3.63, 3.8) is 0 Å². The molecule has 0 aliphatic rings. The minimum atomic E-state index is 0.488. The van der Waals surface area contributed by atoms with Gasteiger partial charge in [0.25, 0.3) is 0 Å². The van der Waals surface area contributed by atoms with Crippen LogP contribution in [0, 0.1) is 5.92 Å². The van der Waals surface area contributed by atoms with Gasteiger partial charge >= 0.3 is 0 Å². The van der Waals surface area contributed by atoms with Crippen molar-refractivity contribution in [3.8, 4) is 0 Å². The van der Waals surface area contributed by atoms with Crippen molar-refractivity contribution in [2.75, 3.05) is 0 Å². The molecule has 1 rings (SSSR count). The molecule has 0 aliphatic heterocycles. The number of rotatable bonds is 8. The minimum absolute atomic E-state index is 0.488. The van der Waals surface area contributed by atoms with Gasteiger partial charge in [0.15, 0.2) is 0 Å². The Balaban J connectivity index is 2.71. The summed E-state index contributed by atoms with van der Waals surface area (Å²) in [5.41, 5.74) is 2.85. The third-order valence-electron chi connectivity index (χ3n) is 4.42. The first-order chi connectivity index (χ1) is 9.15. The van der Waals surface area contributed by atoms with Gasteiger partial charge in [-0.1, -0.05) is 64.8 Å². The van der Waals surface area contributed by atoms with E-state index in [0.717, 1.165) is 18.8 Å². The first-order valence-corrected chi connectivity index (χ1v) is 8.00. The summed E-state index contributed by atoms with van der Waals surface area (Å²) >= 11 is 0. The molecule has 2 atom stereocenters. The van der Waals surface area contributed by atoms with Crippen molar-refractivity contribution in [1.29, 1.82) is 0 Å². The predicted octanol–water partition coefficient (Wildman–Crippen LogP) is 5.11. The molecule has 0 amide bonds. The Bertz CT molecular complexity index is 337. The van der Waals surface area contributed by atoms with Crippen LogP contribution in [-0.4, -0.2) is 6.04 Å². The van der Waals surface area contributed by atoms with Crippen molar-refractivity contribution < 1.29 is 0 Å². The Labute approximate surface area is 119 Å². The Kier molecular flexibility index (Phi) is 7.15. The second-order valence-electron chi connectivity index (χ2n) is 5.59. The third-order valence-corrected chi connectivity index (χ3v) is 4.42. The quantitative estimate of drug-likeness (QED) is 0.685. The maximum absolute atomic E-state index is 3.82. The van der Waals surface area contributed by atoms with Crippen LogP contribution in [0.2, 0.25) is 0 Å². The lowest BCUT2D eigenvalue weighted by molar-refractivity contribution is 0.319. The summed E-state index contributed by atoms with van der Waals surface area (Å²) in [4.78, 5) is 0. The van der Waals surface area contributed by atoms with Crippen LogP contribution in [0.15, 0.2) is 24.3 Å². The van der Waals surface area contributed by atoms with E-state index in [1.807, 2.05) is 0 Å². The maximum Gasteiger partial charge on any atom is 0.0320 e. The van der Waals surface area contributed by atoms with Gasteiger partial charge in [0.05, 0.1) is 0 Å². The van der Waals surface area contributed by atoms with Crippen LogP contribution in [-0.2, 0) is 6.42 Å². The highest BCUT2D eigenvalue weighted by atomic mass is 14.9. The van der Waals surface area contributed by atoms with E-state index >= 15 is 0 Å². The highest BCUT2D eigenvalue weighted by molar-refractivity contribution is 5.25. The van der Waals surface area contributed by atoms with Crippen LogP contribution in [0.1, 0.15) is 71.0 Å². The molecule has 0 saturated heterocycles. The fourth-order valence-corrected chi connectivity index (χ4v) is 2.88. The Morgan fingerprint density at radius 1 is 0.895 bits per heavy atom. The third kappa shape index (κ3) is 4.65. The number of nitrogens with one attached hydrogen (secondary N) is 1. The number of aryl methyl sites for hydroxylation is 1. The zero-order valence-electron chi connectivity index (χ0n) is 13.4. The molecule has 0 radical (unpaired) electrons. The van der Waals surface area contributed by atoms with E-state index in [4.69, 9.17) is 0 Å². The normalized spacial score (nSPS) is 14.6. The van der Waals surface area contributed by atoms with Crippen molar-refractivity contribution in [1.82, 2.24) is 5.32 Å². The summed E-state index contributed by atoms with van der Waals surface area (Å²) in [7, 11) is 0. The van der Waals surface area contributed by atoms with Crippen molar-refractivity contribution in [2.24, 2.45) is 5.92 Å². The van der Waals surface area contributed by atoms with E-state index in [2.05, 4.69) is 64.2 Å². The lowest BCUT2D eigenvalue weighted by Crippen LogP contribution is -2.35. The van der Waals surface area contributed by atoms with E-state index in [1.54, 1.807) is 0 Å². The van der Waals surface area contributed by atoms with Gasteiger partial charge in [0.2, 0.25) is 0 Å². The first kappa shape index (κ1) is 16.2. The average molecular weight is 261 g/mol. The van der Waals surface area contributed by atoms with Gasteiger partial charge < -0.3 is 5.32 Å². The lowest BCUT2D eigenvalue weighted by Gasteiger charge is -2.28. The molecule has 0 fully saturated rings. The fraction of sp³-hybridized carbons (Fsp3) is 0.667. The van der Waals surface area contributed by atoms with E-state index < -0.39 is 0 Å². The molecule has 1 aromatic carbocycles. The second-order valence-corrected chi connectivity index (χ2v) is 5.59. The van der Waals surface area contributed by atoms with Crippen LogP contribution < -0.4 is 5.32 Å². The number of hydrogen-bond acceptors (Lipinski definition) is 1. The molecule has 19 heavy (non-hydrogen) atoms. The zero-order valence-corrected chi connectivity index (χ0v) is 13.4. The van der Waals surface area contributed by atoms with Crippen molar-refractivity contribution >= 4 is 0 Å². The Morgan fingerprint density at radius 3 is 1.89 bits per heavy atom. The van der Waals surface area contributed by atoms with E-state index in [-0.39, 0.29) is 0 Å². The van der Waals surface area contributed by atoms with Crippen LogP contribution >= 0.6 is 0 Å². The largest absolute Gasteiger partial charge is 0.307 e. The smallest absolute Gasteiger partial charge is 0.0320 e. The van der Waals surface area contributed by atoms with Gasteiger partial charge in [0, 0.05) is 12.1 Å². The van der Waals surface area contributed by atoms with Crippen LogP contribution in [0.5, 0.6) is 0 Å². The van der Waals surface area contributed by atoms with Crippen LogP contribution in [0.3, 0.4) is 0 Å². The topological polar surface area (TPSA) is 12.0 Å². The maximum atomic E-state index is 3.82. The Morgan fingerprint density at radius 2 is 1.47 bits per heavy atom. The van der Waals surface area contributed by atoms with Gasteiger partial charge in [-0.3, -0.25) is 0 Å². The minimum Gasteiger partial charge on any atom is -0.307 e. The van der Waals surface area contributed by atoms with Gasteiger partial charge in [-0.2, -0.15) is 0 Å². The second kappa shape index (κ2) is 8.37. The summed E-state index contributed by atoms with van der Waals surface area (Å²) in [6, 6.07) is 10.2. The molecule has 1 heteroatoms. The van der Waals surface area contributed by atoms with Gasteiger partial charge in [-0.05, 0) is 36.8 Å². The summed E-state index contributed by atoms with van der Waals surface area (Å²) in [5, 5.41) is 3.82. The van der Waals surface area contributed by atoms with E-state index in [9.17, 15) is 0 Å². The molecular weight excluding hydrogens is 230 g/mol. The molecule has 0 saturated carbocycles. The van der Waals surface area contributed by atoms with Gasteiger partial charge in [0.1, 0.15) is 0 Å². The summed E-state index contributed by atoms with van der Waals surface area (Å²) in [5.74, 6) is 0.781. The molecule has 0 aromatic heterocycles. The van der Waals surface area contributed by atoms with Crippen LogP contribution in [0.25, 0.3) is 0 Å². The SMILES string of the molecule is CCc1ccc(C(CC)NC(C)C(CC)CC)cc1. The highest BCUT2D eigenvalue weighted by Gasteiger charge is 2.17. The standard InChI is InChI=1S/C18H31N/c1-6-15-10-12-17(13-11-15)18(9-4)19-14(5)16(7-2)8-3/h10-14,16,18-19H,6-9H2,1-5H3. The first-order valence-electron chi connectivity index (χ1n) is 8.00. The van der Waals surface area contributed by atoms with Gasteiger partial charge in [-0.25, -0.2) is 0 Å².